The first-order valence-corrected chi connectivity index (χ1v) is 24.0. The molecule has 196 valence electrons. The van der Waals surface area contributed by atoms with Crippen molar-refractivity contribution in [2.75, 3.05) is 21.3 Å². The van der Waals surface area contributed by atoms with E-state index in [2.05, 4.69) is 13.5 Å². The minimum absolute atomic E-state index is 0.715. The summed E-state index contributed by atoms with van der Waals surface area (Å²) in [5.41, 5.74) is 1.28. The number of benzene rings is 1. The minimum atomic E-state index is -3.79. The summed E-state index contributed by atoms with van der Waals surface area (Å²) in [6, 6.07) is 10.6. The van der Waals surface area contributed by atoms with Crippen LogP contribution in [0.1, 0.15) is 32.6 Å². The highest BCUT2D eigenvalue weighted by molar-refractivity contribution is 7.42. The van der Waals surface area contributed by atoms with Crippen LogP contribution in [-0.2, 0) is 25.6 Å². The number of hydrogen-bond acceptors (Lipinski definition) is 8. The Morgan fingerprint density at radius 3 is 1.88 bits per heavy atom. The van der Waals surface area contributed by atoms with Crippen LogP contribution in [0.3, 0.4) is 0 Å². The van der Waals surface area contributed by atoms with Gasteiger partial charge in [0.2, 0.25) is 15.7 Å². The Balaban J connectivity index is 3.38. The van der Waals surface area contributed by atoms with Gasteiger partial charge in [-0.3, -0.25) is 0 Å². The molecule has 0 saturated heterocycles. The molecule has 3 unspecified atom stereocenters. The van der Waals surface area contributed by atoms with E-state index in [4.69, 9.17) is 25.6 Å². The summed E-state index contributed by atoms with van der Waals surface area (Å²) >= 11 is 0. The van der Waals surface area contributed by atoms with Gasteiger partial charge in [0.1, 0.15) is 0 Å². The zero-order valence-electron chi connectivity index (χ0n) is 22.1. The molecule has 0 aliphatic heterocycles. The molecule has 0 saturated carbocycles. The predicted molar refractivity (Wildman–Crippen MR) is 146 cm³/mol. The number of unbranched alkanes of at least 4 members (excludes halogenated alkanes) is 3. The molecular formula is C21H44O8Si5. The molecule has 1 rings (SSSR count). The van der Waals surface area contributed by atoms with Gasteiger partial charge in [0.25, 0.3) is 0 Å². The fourth-order valence-electron chi connectivity index (χ4n) is 3.73. The second kappa shape index (κ2) is 13.3. The third-order valence-electron chi connectivity index (χ3n) is 6.01. The van der Waals surface area contributed by atoms with Crippen LogP contribution >= 0.6 is 0 Å². The third-order valence-corrected chi connectivity index (χ3v) is 30.4. The average Bonchev–Trinajstić information content (AvgIpc) is 2.81. The van der Waals surface area contributed by atoms with Crippen LogP contribution in [-0.4, -0.2) is 73.0 Å². The topological polar surface area (TPSA) is 95.8 Å². The Labute approximate surface area is 211 Å². The molecule has 0 spiro atoms. The molecule has 0 radical (unpaired) electrons. The summed E-state index contributed by atoms with van der Waals surface area (Å²) in [7, 11) is -12.1. The Morgan fingerprint density at radius 2 is 1.41 bits per heavy atom. The van der Waals surface area contributed by atoms with E-state index >= 15 is 0 Å². The van der Waals surface area contributed by atoms with Crippen molar-refractivity contribution in [3.05, 3.63) is 42.6 Å². The fraction of sp³-hybridized carbons (Fsp3) is 0.619. The quantitative estimate of drug-likeness (QED) is 0.219. The first kappa shape index (κ1) is 31.8. The second-order valence-electron chi connectivity index (χ2n) is 9.14. The Kier molecular flexibility index (Phi) is 12.4. The number of hydrogen-bond donors (Lipinski definition) is 2. The molecule has 0 fully saturated rings. The summed E-state index contributed by atoms with van der Waals surface area (Å²) in [6.45, 7) is 13.3. The van der Waals surface area contributed by atoms with Gasteiger partial charge in [-0.1, -0.05) is 69.5 Å². The van der Waals surface area contributed by atoms with Gasteiger partial charge in [0, 0.05) is 21.3 Å². The maximum Gasteiger partial charge on any atom is 0.659 e. The van der Waals surface area contributed by atoms with Crippen molar-refractivity contribution in [3.8, 4) is 0 Å². The predicted octanol–water partition coefficient (Wildman–Crippen LogP) is 3.48. The molecule has 3 atom stereocenters. The normalized spacial score (nSPS) is 18.1. The molecule has 1 aromatic carbocycles. The van der Waals surface area contributed by atoms with E-state index in [1.165, 1.54) is 27.0 Å². The monoisotopic (exact) mass is 564 g/mol. The lowest BCUT2D eigenvalue weighted by atomic mass is 10.2. The first-order valence-electron chi connectivity index (χ1n) is 11.7. The van der Waals surface area contributed by atoms with Crippen LogP contribution in [0.2, 0.25) is 32.2 Å². The average molecular weight is 565 g/mol. The van der Waals surface area contributed by atoms with Crippen molar-refractivity contribution >= 4 is 47.3 Å². The van der Waals surface area contributed by atoms with E-state index in [1.54, 1.807) is 13.1 Å². The van der Waals surface area contributed by atoms with Crippen LogP contribution in [0.4, 0.5) is 0 Å². The molecule has 0 heterocycles. The number of rotatable bonds is 17. The standard InChI is InChI=1S/C21H44O8Si5/c1-10-12-13-17-20-31(8,22)32(9,21-18-15-14-16-19-21)29-34(25-4,26-5)28-30(6,7)27-33(23,11-2)24-3/h11,14-16,18-19,22-23H,2,10,12-13,17,20H2,1,3-9H3. The molecule has 2 N–H and O–H groups in total. The molecule has 1 aromatic rings. The van der Waals surface area contributed by atoms with Gasteiger partial charge in [-0.15, -0.1) is 0 Å². The zero-order valence-corrected chi connectivity index (χ0v) is 27.1. The van der Waals surface area contributed by atoms with E-state index in [0.717, 1.165) is 30.9 Å². The van der Waals surface area contributed by atoms with Crippen molar-refractivity contribution in [2.24, 2.45) is 0 Å². The fourth-order valence-corrected chi connectivity index (χ4v) is 26.0. The molecule has 8 nitrogen and oxygen atoms in total. The zero-order chi connectivity index (χ0) is 26.1. The summed E-state index contributed by atoms with van der Waals surface area (Å²) in [6.07, 6.45) is 4.28. The van der Waals surface area contributed by atoms with Crippen LogP contribution in [0.25, 0.3) is 0 Å². The minimum Gasteiger partial charge on any atom is -0.431 e. The van der Waals surface area contributed by atoms with Crippen molar-refractivity contribution in [3.63, 3.8) is 0 Å². The van der Waals surface area contributed by atoms with E-state index in [0.29, 0.717) is 6.04 Å². The highest BCUT2D eigenvalue weighted by Gasteiger charge is 2.61. The highest BCUT2D eigenvalue weighted by Crippen LogP contribution is 2.31. The lowest BCUT2D eigenvalue weighted by molar-refractivity contribution is 0.0652. The summed E-state index contributed by atoms with van der Waals surface area (Å²) in [5, 5.41) is 0.964. The SMILES string of the molecule is C=C[Si](O)(OC)O[Si](C)(C)O[Si](OC)(OC)O[Si](C)(c1ccccc1)[Si](C)(O)CCCCCC. The molecular weight excluding hydrogens is 521 g/mol. The van der Waals surface area contributed by atoms with Gasteiger partial charge in [0.15, 0.2) is 0 Å². The van der Waals surface area contributed by atoms with E-state index in [-0.39, 0.29) is 0 Å². The summed E-state index contributed by atoms with van der Waals surface area (Å²) in [4.78, 5) is 22.5. The molecule has 0 amide bonds. The first-order chi connectivity index (χ1) is 15.8. The van der Waals surface area contributed by atoms with E-state index in [9.17, 15) is 9.59 Å². The Hall–Kier alpha value is -0.276. The smallest absolute Gasteiger partial charge is 0.431 e. The Bertz CT molecular complexity index is 750. The molecule has 34 heavy (non-hydrogen) atoms. The van der Waals surface area contributed by atoms with Crippen LogP contribution < -0.4 is 5.19 Å². The highest BCUT2D eigenvalue weighted by atomic mass is 29.3. The molecule has 0 bridgehead atoms. The van der Waals surface area contributed by atoms with Crippen molar-refractivity contribution < 1.29 is 35.2 Å². The lowest BCUT2D eigenvalue weighted by Gasteiger charge is -2.44. The van der Waals surface area contributed by atoms with E-state index < -0.39 is 42.1 Å². The van der Waals surface area contributed by atoms with Crippen molar-refractivity contribution in [2.45, 2.75) is 64.8 Å². The summed E-state index contributed by atoms with van der Waals surface area (Å²) in [5.74, 6) is 0. The largest absolute Gasteiger partial charge is 0.659 e. The van der Waals surface area contributed by atoms with Crippen LogP contribution in [0, 0.1) is 0 Å². The van der Waals surface area contributed by atoms with Gasteiger partial charge in [-0.05, 0) is 43.1 Å². The van der Waals surface area contributed by atoms with Gasteiger partial charge in [-0.25, -0.2) is 0 Å². The van der Waals surface area contributed by atoms with Crippen LogP contribution in [0.15, 0.2) is 42.6 Å². The van der Waals surface area contributed by atoms with Crippen molar-refractivity contribution in [1.29, 1.82) is 0 Å². The molecule has 0 aliphatic carbocycles. The molecule has 13 heteroatoms. The van der Waals surface area contributed by atoms with Gasteiger partial charge >= 0.3 is 26.4 Å². The molecule has 0 aliphatic rings. The van der Waals surface area contributed by atoms with Crippen molar-refractivity contribution in [1.82, 2.24) is 0 Å². The molecule has 0 aromatic heterocycles. The van der Waals surface area contributed by atoms with Gasteiger partial charge in [0.05, 0.1) is 0 Å². The Morgan fingerprint density at radius 1 is 0.824 bits per heavy atom. The van der Waals surface area contributed by atoms with Gasteiger partial charge in [-0.2, -0.15) is 0 Å². The van der Waals surface area contributed by atoms with E-state index in [1.807, 2.05) is 43.4 Å². The third kappa shape index (κ3) is 8.40. The summed E-state index contributed by atoms with van der Waals surface area (Å²) < 4.78 is 35.8. The second-order valence-corrected chi connectivity index (χ2v) is 30.1. The maximum absolute atomic E-state index is 11.9. The van der Waals surface area contributed by atoms with Gasteiger partial charge < -0.3 is 35.2 Å². The lowest BCUT2D eigenvalue weighted by Crippen LogP contribution is -2.74. The van der Waals surface area contributed by atoms with Crippen LogP contribution in [0.5, 0.6) is 0 Å². The maximum atomic E-state index is 11.9.